The van der Waals surface area contributed by atoms with Gasteiger partial charge < -0.3 is 10.0 Å². The largest absolute Gasteiger partial charge is 0.477 e. The molecule has 0 unspecified atom stereocenters. The first-order valence-corrected chi connectivity index (χ1v) is 4.29. The fourth-order valence-electron chi connectivity index (χ4n) is 1.37. The number of hydrogen-bond acceptors (Lipinski definition) is 3. The molecule has 0 bridgehead atoms. The number of carboxylic acids is 1. The summed E-state index contributed by atoms with van der Waals surface area (Å²) >= 11 is 0. The fourth-order valence-corrected chi connectivity index (χ4v) is 1.37. The van der Waals surface area contributed by atoms with Gasteiger partial charge in [-0.25, -0.2) is 9.78 Å². The van der Waals surface area contributed by atoms with Crippen LogP contribution < -0.4 is 4.90 Å². The van der Waals surface area contributed by atoms with Crippen LogP contribution in [-0.4, -0.2) is 29.1 Å². The van der Waals surface area contributed by atoms with E-state index in [1.807, 2.05) is 4.90 Å². The van der Waals surface area contributed by atoms with Crippen LogP contribution in [0, 0.1) is 0 Å². The molecule has 1 aromatic rings. The van der Waals surface area contributed by atoms with Gasteiger partial charge in [-0.05, 0) is 17.7 Å². The Hall–Kier alpha value is -1.84. The van der Waals surface area contributed by atoms with Crippen molar-refractivity contribution in [2.75, 3.05) is 18.0 Å². The molecule has 1 aliphatic rings. The van der Waals surface area contributed by atoms with E-state index in [0.717, 1.165) is 18.7 Å². The van der Waals surface area contributed by atoms with Gasteiger partial charge in [0.25, 0.3) is 0 Å². The molecule has 0 atom stereocenters. The zero-order valence-electron chi connectivity index (χ0n) is 7.60. The third-order valence-corrected chi connectivity index (χ3v) is 2.11. The first-order chi connectivity index (χ1) is 6.66. The van der Waals surface area contributed by atoms with Crippen molar-refractivity contribution < 1.29 is 9.90 Å². The Kier molecular flexibility index (Phi) is 1.96. The summed E-state index contributed by atoms with van der Waals surface area (Å²) in [7, 11) is 0. The van der Waals surface area contributed by atoms with Crippen molar-refractivity contribution in [3.05, 3.63) is 36.0 Å². The van der Waals surface area contributed by atoms with Crippen molar-refractivity contribution in [1.82, 2.24) is 4.98 Å². The summed E-state index contributed by atoms with van der Waals surface area (Å²) in [5.41, 5.74) is 1.23. The summed E-state index contributed by atoms with van der Waals surface area (Å²) in [5, 5.41) is 8.74. The topological polar surface area (TPSA) is 53.4 Å². The maximum Gasteiger partial charge on any atom is 0.354 e. The SMILES string of the molecule is C=C1CN(c2cccc(C(=O)O)n2)C1. The average Bonchev–Trinajstić information content (AvgIpc) is 2.13. The van der Waals surface area contributed by atoms with Crippen molar-refractivity contribution in [2.24, 2.45) is 0 Å². The van der Waals surface area contributed by atoms with E-state index in [4.69, 9.17) is 5.11 Å². The standard InChI is InChI=1S/C10H10N2O2/c1-7-5-12(6-7)9-4-2-3-8(11-9)10(13)14/h2-4H,1,5-6H2,(H,13,14). The van der Waals surface area contributed by atoms with Crippen LogP contribution in [0.4, 0.5) is 5.82 Å². The number of rotatable bonds is 2. The monoisotopic (exact) mass is 190 g/mol. The van der Waals surface area contributed by atoms with Gasteiger partial charge in [-0.15, -0.1) is 0 Å². The van der Waals surface area contributed by atoms with E-state index in [1.54, 1.807) is 12.1 Å². The molecule has 0 saturated carbocycles. The smallest absolute Gasteiger partial charge is 0.354 e. The van der Waals surface area contributed by atoms with Crippen LogP contribution in [0.2, 0.25) is 0 Å². The molecular formula is C10H10N2O2. The first-order valence-electron chi connectivity index (χ1n) is 4.29. The molecule has 4 nitrogen and oxygen atoms in total. The number of pyridine rings is 1. The lowest BCUT2D eigenvalue weighted by Gasteiger charge is -2.34. The zero-order valence-corrected chi connectivity index (χ0v) is 7.60. The Morgan fingerprint density at radius 1 is 1.50 bits per heavy atom. The molecule has 0 aliphatic carbocycles. The van der Waals surface area contributed by atoms with Crippen molar-refractivity contribution >= 4 is 11.8 Å². The van der Waals surface area contributed by atoms with Crippen LogP contribution in [0.15, 0.2) is 30.4 Å². The summed E-state index contributed by atoms with van der Waals surface area (Å²) in [6, 6.07) is 4.99. The van der Waals surface area contributed by atoms with E-state index in [9.17, 15) is 4.79 Å². The Morgan fingerprint density at radius 2 is 2.21 bits per heavy atom. The Morgan fingerprint density at radius 3 is 2.79 bits per heavy atom. The van der Waals surface area contributed by atoms with Gasteiger partial charge in [0.1, 0.15) is 5.82 Å². The van der Waals surface area contributed by atoms with Gasteiger partial charge in [0.05, 0.1) is 0 Å². The second-order valence-electron chi connectivity index (χ2n) is 3.29. The van der Waals surface area contributed by atoms with Crippen LogP contribution >= 0.6 is 0 Å². The predicted octanol–water partition coefficient (Wildman–Crippen LogP) is 1.16. The summed E-state index contributed by atoms with van der Waals surface area (Å²) in [4.78, 5) is 16.6. The molecule has 0 radical (unpaired) electrons. The third kappa shape index (κ3) is 1.46. The van der Waals surface area contributed by atoms with Crippen LogP contribution in [-0.2, 0) is 0 Å². The lowest BCUT2D eigenvalue weighted by atomic mass is 10.1. The lowest BCUT2D eigenvalue weighted by Crippen LogP contribution is -2.40. The summed E-state index contributed by atoms with van der Waals surface area (Å²) in [6.07, 6.45) is 0. The van der Waals surface area contributed by atoms with Gasteiger partial charge in [-0.2, -0.15) is 0 Å². The number of carbonyl (C=O) groups is 1. The molecule has 2 rings (SSSR count). The minimum atomic E-state index is -0.994. The zero-order chi connectivity index (χ0) is 10.1. The van der Waals surface area contributed by atoms with Gasteiger partial charge in [-0.1, -0.05) is 12.6 Å². The molecule has 0 amide bonds. The Labute approximate surface area is 81.5 Å². The molecule has 1 aromatic heterocycles. The molecule has 72 valence electrons. The minimum Gasteiger partial charge on any atom is -0.477 e. The van der Waals surface area contributed by atoms with E-state index in [0.29, 0.717) is 5.82 Å². The van der Waals surface area contributed by atoms with Crippen molar-refractivity contribution in [3.63, 3.8) is 0 Å². The van der Waals surface area contributed by atoms with E-state index < -0.39 is 5.97 Å². The van der Waals surface area contributed by atoms with Crippen molar-refractivity contribution in [3.8, 4) is 0 Å². The van der Waals surface area contributed by atoms with E-state index >= 15 is 0 Å². The van der Waals surface area contributed by atoms with Crippen LogP contribution in [0.3, 0.4) is 0 Å². The average molecular weight is 190 g/mol. The number of nitrogens with zero attached hydrogens (tertiary/aromatic N) is 2. The highest BCUT2D eigenvalue weighted by atomic mass is 16.4. The van der Waals surface area contributed by atoms with Crippen LogP contribution in [0.25, 0.3) is 0 Å². The molecule has 1 aliphatic heterocycles. The van der Waals surface area contributed by atoms with E-state index in [-0.39, 0.29) is 5.69 Å². The summed E-state index contributed by atoms with van der Waals surface area (Å²) in [5.74, 6) is -0.288. The van der Waals surface area contributed by atoms with Gasteiger partial charge in [-0.3, -0.25) is 0 Å². The number of hydrogen-bond donors (Lipinski definition) is 1. The second kappa shape index (κ2) is 3.14. The Balaban J connectivity index is 2.22. The van der Waals surface area contributed by atoms with Crippen molar-refractivity contribution in [2.45, 2.75) is 0 Å². The molecular weight excluding hydrogens is 180 g/mol. The molecule has 1 saturated heterocycles. The quantitative estimate of drug-likeness (QED) is 0.711. The summed E-state index contributed by atoms with van der Waals surface area (Å²) < 4.78 is 0. The number of anilines is 1. The number of aromatic nitrogens is 1. The first kappa shape index (κ1) is 8.74. The molecule has 1 N–H and O–H groups in total. The molecule has 0 aromatic carbocycles. The molecule has 14 heavy (non-hydrogen) atoms. The maximum absolute atomic E-state index is 10.6. The van der Waals surface area contributed by atoms with Crippen molar-refractivity contribution in [1.29, 1.82) is 0 Å². The number of aromatic carboxylic acids is 1. The van der Waals surface area contributed by atoms with E-state index in [1.165, 1.54) is 6.07 Å². The van der Waals surface area contributed by atoms with Gasteiger partial charge >= 0.3 is 5.97 Å². The van der Waals surface area contributed by atoms with E-state index in [2.05, 4.69) is 11.6 Å². The highest BCUT2D eigenvalue weighted by Gasteiger charge is 2.20. The predicted molar refractivity (Wildman–Crippen MR) is 52.5 cm³/mol. The van der Waals surface area contributed by atoms with Gasteiger partial charge in [0.15, 0.2) is 5.69 Å². The Bertz CT molecular complexity index is 393. The van der Waals surface area contributed by atoms with Crippen LogP contribution in [0.5, 0.6) is 0 Å². The molecule has 1 fully saturated rings. The highest BCUT2D eigenvalue weighted by molar-refractivity contribution is 5.85. The van der Waals surface area contributed by atoms with Gasteiger partial charge in [0, 0.05) is 13.1 Å². The highest BCUT2D eigenvalue weighted by Crippen LogP contribution is 2.20. The maximum atomic E-state index is 10.6. The second-order valence-corrected chi connectivity index (χ2v) is 3.29. The molecule has 0 spiro atoms. The van der Waals surface area contributed by atoms with Gasteiger partial charge in [0.2, 0.25) is 0 Å². The minimum absolute atomic E-state index is 0.0833. The fraction of sp³-hybridized carbons (Fsp3) is 0.200. The van der Waals surface area contributed by atoms with Crippen LogP contribution in [0.1, 0.15) is 10.5 Å². The normalized spacial score (nSPS) is 15.1. The molecule has 4 heteroatoms. The summed E-state index contributed by atoms with van der Waals surface area (Å²) in [6.45, 7) is 5.36. The number of carboxylic acid groups (broad SMARTS) is 1. The lowest BCUT2D eigenvalue weighted by molar-refractivity contribution is 0.0690. The third-order valence-electron chi connectivity index (χ3n) is 2.11. The molecule has 2 heterocycles.